The summed E-state index contributed by atoms with van der Waals surface area (Å²) in [6, 6.07) is -0.309. The van der Waals surface area contributed by atoms with Gasteiger partial charge in [-0.2, -0.15) is 0 Å². The zero-order valence-electron chi connectivity index (χ0n) is 4.06. The summed E-state index contributed by atoms with van der Waals surface area (Å²) in [7, 11) is 3.21. The first-order valence-corrected chi connectivity index (χ1v) is 4.40. The van der Waals surface area contributed by atoms with E-state index in [2.05, 4.69) is 9.34 Å². The number of rotatable bonds is 2. The van der Waals surface area contributed by atoms with Crippen LogP contribution < -0.4 is 5.73 Å². The molecule has 0 unspecified atom stereocenters. The fraction of sp³-hybridized carbons (Fsp3) is 0.667. The smallest absolute Gasteiger partial charge is 0.142 e. The molecule has 0 heterocycles. The molecule has 2 N–H and O–H groups in total. The Kier molecular flexibility index (Phi) is 3.14. The lowest BCUT2D eigenvalue weighted by Crippen LogP contribution is -2.28. The molecule has 0 rings (SSSR count). The zero-order chi connectivity index (χ0) is 5.86. The Balaban J connectivity index is 3.56. The fourth-order valence-corrected chi connectivity index (χ4v) is 1.02. The van der Waals surface area contributed by atoms with E-state index in [0.29, 0.717) is 0 Å². The quantitative estimate of drug-likeness (QED) is 0.467. The maximum atomic E-state index is 10.4. The van der Waals surface area contributed by atoms with Crippen molar-refractivity contribution in [3.8, 4) is 0 Å². The molecule has 0 aromatic rings. The van der Waals surface area contributed by atoms with E-state index in [1.54, 1.807) is 6.92 Å². The van der Waals surface area contributed by atoms with E-state index in [0.717, 1.165) is 0 Å². The van der Waals surface area contributed by atoms with Gasteiger partial charge in [0.05, 0.1) is 14.7 Å². The topological polar surface area (TPSA) is 43.1 Å². The summed E-state index contributed by atoms with van der Waals surface area (Å²) in [6.07, 6.45) is 0. The molecule has 0 amide bonds. The lowest BCUT2D eigenvalue weighted by molar-refractivity contribution is -0.112. The number of hydrogen-bond acceptors (Lipinski definition) is 2. The van der Waals surface area contributed by atoms with Crippen molar-refractivity contribution in [2.45, 2.75) is 13.0 Å². The summed E-state index contributed by atoms with van der Waals surface area (Å²) in [4.78, 5) is 10.4. The SMILES string of the molecule is C[C@H](N)C(=O)[Si]=[Si]. The standard InChI is InChI=1S/C3H6NOSi2/c1-2(4)3(5)7-6/h2H,4H2,1H3/t2-/m0/s1. The largest absolute Gasteiger partial charge is 0.322 e. The number of carbonyl (C=O) groups is 1. The fourth-order valence-electron chi connectivity index (χ4n) is 0.114. The van der Waals surface area contributed by atoms with E-state index < -0.39 is 0 Å². The molecule has 0 bridgehead atoms. The van der Waals surface area contributed by atoms with E-state index >= 15 is 0 Å². The number of nitrogens with two attached hydrogens (primary N) is 1. The van der Waals surface area contributed by atoms with Gasteiger partial charge in [-0.25, -0.2) is 0 Å². The normalized spacial score (nSPS) is 12.9. The number of carbonyl (C=O) groups excluding carboxylic acids is 1. The minimum atomic E-state index is -0.309. The molecule has 0 aromatic heterocycles. The summed E-state index contributed by atoms with van der Waals surface area (Å²) in [5.74, 6) is 0. The molecule has 0 aromatic carbocycles. The molecule has 4 heteroatoms. The molecule has 37 valence electrons. The summed E-state index contributed by atoms with van der Waals surface area (Å²) < 4.78 is 0. The van der Waals surface area contributed by atoms with E-state index in [1.165, 1.54) is 0 Å². The first-order valence-electron chi connectivity index (χ1n) is 1.90. The lowest BCUT2D eigenvalue weighted by atomic mass is 10.4. The summed E-state index contributed by atoms with van der Waals surface area (Å²) >= 11 is 0. The van der Waals surface area contributed by atoms with Gasteiger partial charge in [0, 0.05) is 9.34 Å². The Bertz CT molecular complexity index is 90.9. The Morgan fingerprint density at radius 2 is 2.43 bits per heavy atom. The molecule has 0 fully saturated rings. The van der Waals surface area contributed by atoms with Gasteiger partial charge in [-0.1, -0.05) is 0 Å². The summed E-state index contributed by atoms with van der Waals surface area (Å²) in [5.41, 5.74) is 5.17. The molecule has 0 saturated heterocycles. The van der Waals surface area contributed by atoms with Gasteiger partial charge < -0.3 is 5.73 Å². The van der Waals surface area contributed by atoms with Gasteiger partial charge in [-0.3, -0.25) is 4.79 Å². The molecule has 0 saturated carbocycles. The molecule has 3 radical (unpaired) electrons. The molecule has 7 heavy (non-hydrogen) atoms. The van der Waals surface area contributed by atoms with Crippen LogP contribution in [0.3, 0.4) is 0 Å². The summed E-state index contributed by atoms with van der Waals surface area (Å²) in [6.45, 7) is 1.68. The predicted molar refractivity (Wildman–Crippen MR) is 30.2 cm³/mol. The average molecular weight is 128 g/mol. The van der Waals surface area contributed by atoms with Crippen LogP contribution in [0.4, 0.5) is 0 Å². The van der Waals surface area contributed by atoms with Crippen LogP contribution in [0.25, 0.3) is 0 Å². The molecule has 0 aliphatic rings. The van der Waals surface area contributed by atoms with E-state index in [-0.39, 0.29) is 20.1 Å². The van der Waals surface area contributed by atoms with Gasteiger partial charge in [-0.15, -0.1) is 0 Å². The Morgan fingerprint density at radius 1 is 2.00 bits per heavy atom. The van der Waals surface area contributed by atoms with Crippen LogP contribution >= 0.6 is 0 Å². The molecule has 0 aliphatic heterocycles. The highest BCUT2D eigenvalue weighted by atomic mass is 28.8. The molecule has 1 atom stereocenters. The Labute approximate surface area is 47.7 Å². The van der Waals surface area contributed by atoms with Crippen LogP contribution in [-0.4, -0.2) is 29.4 Å². The van der Waals surface area contributed by atoms with Gasteiger partial charge in [0.2, 0.25) is 0 Å². The van der Waals surface area contributed by atoms with Crippen LogP contribution in [-0.2, 0) is 4.79 Å². The van der Waals surface area contributed by atoms with Crippen LogP contribution in [0.15, 0.2) is 0 Å². The highest BCUT2D eigenvalue weighted by molar-refractivity contribution is 6.87. The van der Waals surface area contributed by atoms with Gasteiger partial charge >= 0.3 is 0 Å². The Hall–Kier alpha value is 0.0638. The van der Waals surface area contributed by atoms with Crippen LogP contribution in [0.5, 0.6) is 0 Å². The van der Waals surface area contributed by atoms with Crippen molar-refractivity contribution in [3.63, 3.8) is 0 Å². The van der Waals surface area contributed by atoms with Crippen molar-refractivity contribution in [1.29, 1.82) is 0 Å². The van der Waals surface area contributed by atoms with Crippen LogP contribution in [0, 0.1) is 0 Å². The van der Waals surface area contributed by atoms with Crippen LogP contribution in [0.2, 0.25) is 0 Å². The molecule has 0 spiro atoms. The van der Waals surface area contributed by atoms with Crippen molar-refractivity contribution in [2.24, 2.45) is 5.73 Å². The van der Waals surface area contributed by atoms with E-state index in [4.69, 9.17) is 5.73 Å². The third-order valence-corrected chi connectivity index (χ3v) is 1.98. The minimum Gasteiger partial charge on any atom is -0.322 e. The highest BCUT2D eigenvalue weighted by Crippen LogP contribution is 1.69. The highest BCUT2D eigenvalue weighted by Gasteiger charge is 1.98. The van der Waals surface area contributed by atoms with Gasteiger partial charge in [0.25, 0.3) is 0 Å². The third-order valence-electron chi connectivity index (χ3n) is 0.537. The second-order valence-electron chi connectivity index (χ2n) is 1.28. The average Bonchev–Trinajstić information content (AvgIpc) is 1.65. The third kappa shape index (κ3) is 2.72. The van der Waals surface area contributed by atoms with Gasteiger partial charge in [0.1, 0.15) is 5.41 Å². The van der Waals surface area contributed by atoms with Crippen molar-refractivity contribution < 1.29 is 4.79 Å². The lowest BCUT2D eigenvalue weighted by Gasteiger charge is -1.93. The number of hydrogen-bond donors (Lipinski definition) is 1. The monoisotopic (exact) mass is 128 g/mol. The van der Waals surface area contributed by atoms with Crippen LogP contribution in [0.1, 0.15) is 6.92 Å². The second kappa shape index (κ2) is 3.12. The van der Waals surface area contributed by atoms with Crippen molar-refractivity contribution in [3.05, 3.63) is 0 Å². The molecule has 0 aliphatic carbocycles. The minimum absolute atomic E-state index is 0.0664. The Morgan fingerprint density at radius 3 is 2.43 bits per heavy atom. The summed E-state index contributed by atoms with van der Waals surface area (Å²) in [5, 5.41) is 0.0664. The predicted octanol–water partition coefficient (Wildman–Crippen LogP) is -1.35. The van der Waals surface area contributed by atoms with Gasteiger partial charge in [-0.05, 0) is 6.92 Å². The van der Waals surface area contributed by atoms with Crippen molar-refractivity contribution >= 4 is 23.4 Å². The first kappa shape index (κ1) is 7.06. The maximum absolute atomic E-state index is 10.4. The van der Waals surface area contributed by atoms with Gasteiger partial charge in [0.15, 0.2) is 0 Å². The van der Waals surface area contributed by atoms with E-state index in [1.807, 2.05) is 0 Å². The molecule has 2 nitrogen and oxygen atoms in total. The zero-order valence-corrected chi connectivity index (χ0v) is 6.06. The maximum Gasteiger partial charge on any atom is 0.142 e. The first-order chi connectivity index (χ1) is 3.18. The second-order valence-corrected chi connectivity index (χ2v) is 2.77. The van der Waals surface area contributed by atoms with Crippen molar-refractivity contribution in [2.75, 3.05) is 0 Å². The van der Waals surface area contributed by atoms with Crippen molar-refractivity contribution in [1.82, 2.24) is 0 Å². The van der Waals surface area contributed by atoms with E-state index in [9.17, 15) is 4.79 Å². The molecular formula is C3H6NOSi2. The molecular weight excluding hydrogens is 122 g/mol.